The molecule has 0 aromatic heterocycles. The zero-order valence-corrected chi connectivity index (χ0v) is 12.6. The summed E-state index contributed by atoms with van der Waals surface area (Å²) in [5.74, 6) is -3.35. The molecule has 1 aromatic rings. The lowest BCUT2D eigenvalue weighted by molar-refractivity contribution is -0.104. The second-order valence-corrected chi connectivity index (χ2v) is 5.34. The van der Waals surface area contributed by atoms with Gasteiger partial charge in [-0.15, -0.1) is 0 Å². The summed E-state index contributed by atoms with van der Waals surface area (Å²) in [6.07, 6.45) is 0.385. The van der Waals surface area contributed by atoms with Crippen LogP contribution < -0.4 is 10.1 Å². The van der Waals surface area contributed by atoms with E-state index in [4.69, 9.17) is 17.0 Å². The zero-order chi connectivity index (χ0) is 15.3. The number of halogens is 2. The average molecular weight is 303 g/mol. The van der Waals surface area contributed by atoms with E-state index in [1.165, 1.54) is 19.2 Å². The van der Waals surface area contributed by atoms with Gasteiger partial charge in [0.15, 0.2) is 0 Å². The van der Waals surface area contributed by atoms with Crippen LogP contribution in [0.5, 0.6) is 5.75 Å². The van der Waals surface area contributed by atoms with Crippen molar-refractivity contribution in [1.82, 2.24) is 5.32 Å². The van der Waals surface area contributed by atoms with Crippen LogP contribution in [0.1, 0.15) is 31.7 Å². The fourth-order valence-corrected chi connectivity index (χ4v) is 2.20. The minimum Gasteiger partial charge on any atom is -0.463 e. The summed E-state index contributed by atoms with van der Waals surface area (Å²) in [7, 11) is 1.71. The molecule has 1 rings (SSSR count). The van der Waals surface area contributed by atoms with E-state index in [0.29, 0.717) is 13.0 Å². The van der Waals surface area contributed by atoms with Crippen LogP contribution in [0.2, 0.25) is 0 Å². The molecule has 0 saturated heterocycles. The molecule has 2 N–H and O–H groups in total. The monoisotopic (exact) mass is 303 g/mol. The smallest absolute Gasteiger partial charge is 0.202 e. The van der Waals surface area contributed by atoms with Gasteiger partial charge in [-0.05, 0) is 18.8 Å². The highest BCUT2D eigenvalue weighted by Gasteiger charge is 2.22. The second-order valence-electron chi connectivity index (χ2n) is 5.01. The first-order valence-corrected chi connectivity index (χ1v) is 6.74. The second kappa shape index (κ2) is 7.06. The predicted octanol–water partition coefficient (Wildman–Crippen LogP) is 2.76. The first kappa shape index (κ1) is 16.9. The topological polar surface area (TPSA) is 41.5 Å². The first-order chi connectivity index (χ1) is 9.28. The number of likely N-dealkylation sites (N-methyl/N-ethyl adjacent to an activating group) is 1. The Morgan fingerprint density at radius 2 is 1.95 bits per heavy atom. The van der Waals surface area contributed by atoms with Crippen LogP contribution in [0, 0.1) is 11.6 Å². The lowest BCUT2D eigenvalue weighted by atomic mass is 9.95. The maximum absolute atomic E-state index is 14.1. The van der Waals surface area contributed by atoms with Crippen molar-refractivity contribution in [2.24, 2.45) is 0 Å². The van der Waals surface area contributed by atoms with Gasteiger partial charge < -0.3 is 15.2 Å². The SMILES string of the molecule is CNCC(CC=S)c1c(F)cc(OC(C)(C)O)cc1F. The van der Waals surface area contributed by atoms with Gasteiger partial charge in [0.1, 0.15) is 17.4 Å². The molecule has 0 bridgehead atoms. The molecule has 112 valence electrons. The minimum atomic E-state index is -1.50. The summed E-state index contributed by atoms with van der Waals surface area (Å²) >= 11 is 4.77. The molecule has 0 heterocycles. The van der Waals surface area contributed by atoms with Gasteiger partial charge in [0.05, 0.1) is 0 Å². The van der Waals surface area contributed by atoms with E-state index in [0.717, 1.165) is 12.1 Å². The molecular weight excluding hydrogens is 284 g/mol. The molecule has 1 atom stereocenters. The van der Waals surface area contributed by atoms with Gasteiger partial charge in [0.2, 0.25) is 5.79 Å². The van der Waals surface area contributed by atoms with E-state index in [-0.39, 0.29) is 17.2 Å². The molecule has 1 unspecified atom stereocenters. The Hall–Kier alpha value is -1.11. The van der Waals surface area contributed by atoms with Crippen LogP contribution in [0.4, 0.5) is 8.78 Å². The van der Waals surface area contributed by atoms with E-state index in [1.54, 1.807) is 7.05 Å². The summed E-state index contributed by atoms with van der Waals surface area (Å²) in [4.78, 5) is 0. The molecule has 6 heteroatoms. The fourth-order valence-electron chi connectivity index (χ4n) is 1.96. The van der Waals surface area contributed by atoms with Crippen LogP contribution >= 0.6 is 12.2 Å². The molecule has 0 aliphatic carbocycles. The minimum absolute atomic E-state index is 0.0245. The Bertz CT molecular complexity index is 452. The van der Waals surface area contributed by atoms with Crippen LogP contribution in [-0.4, -0.2) is 29.9 Å². The van der Waals surface area contributed by atoms with Crippen molar-refractivity contribution < 1.29 is 18.6 Å². The number of hydrogen-bond donors (Lipinski definition) is 2. The number of hydrogen-bond acceptors (Lipinski definition) is 4. The molecular formula is C14H19F2NO2S. The Morgan fingerprint density at radius 1 is 1.40 bits per heavy atom. The highest BCUT2D eigenvalue weighted by Crippen LogP contribution is 2.29. The summed E-state index contributed by atoms with van der Waals surface area (Å²) in [5.41, 5.74) is -0.0245. The van der Waals surface area contributed by atoms with Crippen molar-refractivity contribution in [1.29, 1.82) is 0 Å². The Balaban J connectivity index is 3.12. The number of rotatable bonds is 7. The first-order valence-electron chi connectivity index (χ1n) is 6.27. The van der Waals surface area contributed by atoms with Gasteiger partial charge in [-0.1, -0.05) is 12.2 Å². The highest BCUT2D eigenvalue weighted by atomic mass is 32.1. The molecule has 0 radical (unpaired) electrons. The molecule has 0 saturated carbocycles. The van der Waals surface area contributed by atoms with E-state index in [1.807, 2.05) is 0 Å². The molecule has 3 nitrogen and oxygen atoms in total. The van der Waals surface area contributed by atoms with Crippen molar-refractivity contribution in [2.75, 3.05) is 13.6 Å². The number of thiocarbonyl (C=S) groups is 1. The zero-order valence-electron chi connectivity index (χ0n) is 11.7. The van der Waals surface area contributed by atoms with Gasteiger partial charge in [-0.2, -0.15) is 0 Å². The van der Waals surface area contributed by atoms with Crippen molar-refractivity contribution in [3.63, 3.8) is 0 Å². The third-order valence-electron chi connectivity index (χ3n) is 2.66. The third-order valence-corrected chi connectivity index (χ3v) is 2.85. The van der Waals surface area contributed by atoms with Crippen molar-refractivity contribution in [3.05, 3.63) is 29.3 Å². The van der Waals surface area contributed by atoms with Gasteiger partial charge in [-0.25, -0.2) is 8.78 Å². The van der Waals surface area contributed by atoms with Gasteiger partial charge in [-0.3, -0.25) is 0 Å². The van der Waals surface area contributed by atoms with Crippen molar-refractivity contribution in [2.45, 2.75) is 32.0 Å². The van der Waals surface area contributed by atoms with Crippen LogP contribution in [-0.2, 0) is 0 Å². The molecule has 0 aliphatic rings. The van der Waals surface area contributed by atoms with E-state index in [9.17, 15) is 13.9 Å². The van der Waals surface area contributed by atoms with E-state index < -0.39 is 17.4 Å². The maximum Gasteiger partial charge on any atom is 0.202 e. The molecule has 20 heavy (non-hydrogen) atoms. The van der Waals surface area contributed by atoms with Gasteiger partial charge in [0.25, 0.3) is 0 Å². The van der Waals surface area contributed by atoms with E-state index >= 15 is 0 Å². The third kappa shape index (κ3) is 4.77. The fraction of sp³-hybridized carbons (Fsp3) is 0.500. The number of ether oxygens (including phenoxy) is 1. The van der Waals surface area contributed by atoms with Gasteiger partial charge in [0, 0.05) is 44.0 Å². The van der Waals surface area contributed by atoms with Crippen LogP contribution in [0.15, 0.2) is 12.1 Å². The standard InChI is InChI=1S/C14H19F2NO2S/c1-14(2,18)19-10-6-11(15)13(12(16)7-10)9(4-5-20)8-17-3/h5-7,9,17-18H,4,8H2,1-3H3. The lowest BCUT2D eigenvalue weighted by Crippen LogP contribution is -2.27. The lowest BCUT2D eigenvalue weighted by Gasteiger charge is -2.22. The quantitative estimate of drug-likeness (QED) is 0.600. The Morgan fingerprint density at radius 3 is 2.35 bits per heavy atom. The Kier molecular flexibility index (Phi) is 5.98. The predicted molar refractivity (Wildman–Crippen MR) is 78.2 cm³/mol. The number of benzene rings is 1. The molecule has 0 amide bonds. The molecule has 0 aliphatic heterocycles. The number of nitrogens with one attached hydrogen (secondary N) is 1. The Labute approximate surface area is 122 Å². The van der Waals surface area contributed by atoms with Crippen LogP contribution in [0.3, 0.4) is 0 Å². The summed E-state index contributed by atoms with van der Waals surface area (Å²) < 4.78 is 33.3. The normalized spacial score (nSPS) is 13.1. The van der Waals surface area contributed by atoms with Gasteiger partial charge >= 0.3 is 0 Å². The molecule has 0 spiro atoms. The van der Waals surface area contributed by atoms with Crippen molar-refractivity contribution in [3.8, 4) is 5.75 Å². The molecule has 1 aromatic carbocycles. The summed E-state index contributed by atoms with van der Waals surface area (Å²) in [5, 5.41) is 13.9. The van der Waals surface area contributed by atoms with Crippen LogP contribution in [0.25, 0.3) is 0 Å². The largest absolute Gasteiger partial charge is 0.463 e. The number of aliphatic hydroxyl groups is 1. The average Bonchev–Trinajstić information content (AvgIpc) is 2.26. The summed E-state index contributed by atoms with van der Waals surface area (Å²) in [6, 6.07) is 2.14. The molecule has 0 fully saturated rings. The maximum atomic E-state index is 14.1. The van der Waals surface area contributed by atoms with E-state index in [2.05, 4.69) is 5.32 Å². The van der Waals surface area contributed by atoms with Crippen molar-refractivity contribution >= 4 is 17.6 Å². The summed E-state index contributed by atoms with van der Waals surface area (Å²) in [6.45, 7) is 3.17. The highest BCUT2D eigenvalue weighted by molar-refractivity contribution is 7.78.